The van der Waals surface area contributed by atoms with Crippen LogP contribution in [0.15, 0.2) is 23.1 Å². The molecule has 0 heterocycles. The predicted molar refractivity (Wildman–Crippen MR) is 82.2 cm³/mol. The topological polar surface area (TPSA) is 15.3 Å². The third-order valence-corrected chi connectivity index (χ3v) is 3.81. The highest BCUT2D eigenvalue weighted by Crippen LogP contribution is 2.24. The summed E-state index contributed by atoms with van der Waals surface area (Å²) in [6, 6.07) is 5.34. The third-order valence-electron chi connectivity index (χ3n) is 2.73. The second-order valence-electron chi connectivity index (χ2n) is 5.39. The van der Waals surface area contributed by atoms with Crippen molar-refractivity contribution in [1.29, 1.82) is 0 Å². The Bertz CT molecular complexity index is 380. The van der Waals surface area contributed by atoms with Gasteiger partial charge in [-0.2, -0.15) is 0 Å². The first kappa shape index (κ1) is 16.5. The molecule has 108 valence electrons. The Hall–Kier alpha value is -0.580. The molecule has 0 amide bonds. The monoisotopic (exact) mass is 284 g/mol. The number of halogens is 1. The van der Waals surface area contributed by atoms with Gasteiger partial charge in [0, 0.05) is 29.3 Å². The molecule has 4 heteroatoms. The molecule has 0 fully saturated rings. The SMILES string of the molecule is CC(C)CNCc1c(F)cccc1SCCN(C)C. The lowest BCUT2D eigenvalue weighted by Crippen LogP contribution is -2.20. The molecule has 1 aromatic rings. The van der Waals surface area contributed by atoms with Gasteiger partial charge in [0.05, 0.1) is 0 Å². The van der Waals surface area contributed by atoms with Crippen LogP contribution in [-0.2, 0) is 6.54 Å². The number of rotatable bonds is 8. The molecular weight excluding hydrogens is 259 g/mol. The van der Waals surface area contributed by atoms with E-state index in [0.29, 0.717) is 12.5 Å². The molecule has 2 nitrogen and oxygen atoms in total. The van der Waals surface area contributed by atoms with Crippen molar-refractivity contribution >= 4 is 11.8 Å². The minimum Gasteiger partial charge on any atom is -0.312 e. The van der Waals surface area contributed by atoms with E-state index in [0.717, 1.165) is 29.3 Å². The summed E-state index contributed by atoms with van der Waals surface area (Å²) in [6.45, 7) is 6.83. The number of benzene rings is 1. The molecule has 19 heavy (non-hydrogen) atoms. The van der Waals surface area contributed by atoms with Gasteiger partial charge >= 0.3 is 0 Å². The zero-order chi connectivity index (χ0) is 14.3. The van der Waals surface area contributed by atoms with Crippen molar-refractivity contribution in [3.8, 4) is 0 Å². The van der Waals surface area contributed by atoms with Crippen LogP contribution in [0, 0.1) is 11.7 Å². The summed E-state index contributed by atoms with van der Waals surface area (Å²) in [7, 11) is 4.11. The van der Waals surface area contributed by atoms with Crippen LogP contribution in [0.1, 0.15) is 19.4 Å². The molecular formula is C15H25FN2S. The fourth-order valence-electron chi connectivity index (χ4n) is 1.67. The van der Waals surface area contributed by atoms with Crippen molar-refractivity contribution in [2.45, 2.75) is 25.3 Å². The van der Waals surface area contributed by atoms with Crippen LogP contribution >= 0.6 is 11.8 Å². The Morgan fingerprint density at radius 1 is 1.32 bits per heavy atom. The average Bonchev–Trinajstić information content (AvgIpc) is 2.31. The van der Waals surface area contributed by atoms with Crippen LogP contribution in [-0.4, -0.2) is 37.8 Å². The zero-order valence-electron chi connectivity index (χ0n) is 12.4. The van der Waals surface area contributed by atoms with Crippen molar-refractivity contribution in [3.05, 3.63) is 29.6 Å². The van der Waals surface area contributed by atoms with E-state index in [1.54, 1.807) is 23.9 Å². The van der Waals surface area contributed by atoms with Crippen molar-refractivity contribution in [3.63, 3.8) is 0 Å². The molecule has 0 radical (unpaired) electrons. The maximum absolute atomic E-state index is 13.9. The molecule has 0 saturated carbocycles. The minimum atomic E-state index is -0.105. The lowest BCUT2D eigenvalue weighted by molar-refractivity contribution is 0.437. The van der Waals surface area contributed by atoms with Gasteiger partial charge in [0.1, 0.15) is 5.82 Å². The Morgan fingerprint density at radius 3 is 2.68 bits per heavy atom. The lowest BCUT2D eigenvalue weighted by atomic mass is 10.2. The van der Waals surface area contributed by atoms with Gasteiger partial charge in [-0.15, -0.1) is 11.8 Å². The third kappa shape index (κ3) is 6.41. The molecule has 0 unspecified atom stereocenters. The quantitative estimate of drug-likeness (QED) is 0.738. The standard InChI is InChI=1S/C15H25FN2S/c1-12(2)10-17-11-13-14(16)6-5-7-15(13)19-9-8-18(3)4/h5-7,12,17H,8-11H2,1-4H3. The number of nitrogens with zero attached hydrogens (tertiary/aromatic N) is 1. The highest BCUT2D eigenvalue weighted by atomic mass is 32.2. The molecule has 0 atom stereocenters. The van der Waals surface area contributed by atoms with E-state index in [4.69, 9.17) is 0 Å². The van der Waals surface area contributed by atoms with Crippen molar-refractivity contribution in [2.24, 2.45) is 5.92 Å². The van der Waals surface area contributed by atoms with Crippen LogP contribution in [0.4, 0.5) is 4.39 Å². The highest BCUT2D eigenvalue weighted by molar-refractivity contribution is 7.99. The lowest BCUT2D eigenvalue weighted by Gasteiger charge is -2.14. The van der Waals surface area contributed by atoms with E-state index in [-0.39, 0.29) is 5.82 Å². The number of hydrogen-bond acceptors (Lipinski definition) is 3. The summed E-state index contributed by atoms with van der Waals surface area (Å²) in [5, 5.41) is 3.32. The van der Waals surface area contributed by atoms with Crippen LogP contribution in [0.5, 0.6) is 0 Å². The van der Waals surface area contributed by atoms with Gasteiger partial charge in [0.25, 0.3) is 0 Å². The summed E-state index contributed by atoms with van der Waals surface area (Å²) >= 11 is 1.73. The van der Waals surface area contributed by atoms with Gasteiger partial charge in [-0.05, 0) is 38.7 Å². The predicted octanol–water partition coefficient (Wildman–Crippen LogP) is 3.23. The van der Waals surface area contributed by atoms with Crippen molar-refractivity contribution in [1.82, 2.24) is 10.2 Å². The van der Waals surface area contributed by atoms with Gasteiger partial charge in [-0.3, -0.25) is 0 Å². The molecule has 1 rings (SSSR count). The van der Waals surface area contributed by atoms with E-state index in [9.17, 15) is 4.39 Å². The summed E-state index contributed by atoms with van der Waals surface area (Å²) in [6.07, 6.45) is 0. The van der Waals surface area contributed by atoms with Gasteiger partial charge in [0.2, 0.25) is 0 Å². The maximum atomic E-state index is 13.9. The normalized spacial score (nSPS) is 11.5. The van der Waals surface area contributed by atoms with Crippen molar-refractivity contribution in [2.75, 3.05) is 32.9 Å². The summed E-state index contributed by atoms with van der Waals surface area (Å²) in [5.74, 6) is 1.45. The molecule has 0 aliphatic carbocycles. The van der Waals surface area contributed by atoms with Crippen LogP contribution in [0.3, 0.4) is 0 Å². The van der Waals surface area contributed by atoms with E-state index in [1.165, 1.54) is 0 Å². The molecule has 0 aromatic heterocycles. The number of hydrogen-bond donors (Lipinski definition) is 1. The number of thioether (sulfide) groups is 1. The Kier molecular flexibility index (Phi) is 7.42. The Labute approximate surface area is 120 Å². The fourth-order valence-corrected chi connectivity index (χ4v) is 2.86. The summed E-state index contributed by atoms with van der Waals surface area (Å²) in [4.78, 5) is 3.20. The van der Waals surface area contributed by atoms with E-state index < -0.39 is 0 Å². The molecule has 0 aliphatic rings. The molecule has 1 aromatic carbocycles. The molecule has 0 bridgehead atoms. The molecule has 0 spiro atoms. The fraction of sp³-hybridized carbons (Fsp3) is 0.600. The van der Waals surface area contributed by atoms with Gasteiger partial charge in [-0.1, -0.05) is 19.9 Å². The van der Waals surface area contributed by atoms with E-state index in [2.05, 4.69) is 38.2 Å². The van der Waals surface area contributed by atoms with Crippen LogP contribution < -0.4 is 5.32 Å². The Balaban J connectivity index is 2.61. The largest absolute Gasteiger partial charge is 0.312 e. The first-order chi connectivity index (χ1) is 9.00. The second kappa shape index (κ2) is 8.56. The Morgan fingerprint density at radius 2 is 2.05 bits per heavy atom. The summed E-state index contributed by atoms with van der Waals surface area (Å²) < 4.78 is 13.9. The van der Waals surface area contributed by atoms with Gasteiger partial charge in [-0.25, -0.2) is 4.39 Å². The van der Waals surface area contributed by atoms with E-state index >= 15 is 0 Å². The molecule has 0 saturated heterocycles. The van der Waals surface area contributed by atoms with Crippen LogP contribution in [0.25, 0.3) is 0 Å². The van der Waals surface area contributed by atoms with E-state index in [1.807, 2.05) is 6.07 Å². The van der Waals surface area contributed by atoms with Crippen molar-refractivity contribution < 1.29 is 4.39 Å². The number of nitrogens with one attached hydrogen (secondary N) is 1. The van der Waals surface area contributed by atoms with Crippen LogP contribution in [0.2, 0.25) is 0 Å². The van der Waals surface area contributed by atoms with Gasteiger partial charge in [0.15, 0.2) is 0 Å². The average molecular weight is 284 g/mol. The minimum absolute atomic E-state index is 0.105. The van der Waals surface area contributed by atoms with Gasteiger partial charge < -0.3 is 10.2 Å². The summed E-state index contributed by atoms with van der Waals surface area (Å²) in [5.41, 5.74) is 0.798. The maximum Gasteiger partial charge on any atom is 0.128 e. The molecule has 1 N–H and O–H groups in total. The smallest absolute Gasteiger partial charge is 0.128 e. The first-order valence-corrected chi connectivity index (χ1v) is 7.75. The second-order valence-corrected chi connectivity index (χ2v) is 6.53. The first-order valence-electron chi connectivity index (χ1n) is 6.76. The molecule has 0 aliphatic heterocycles. The zero-order valence-corrected chi connectivity index (χ0v) is 13.2. The highest BCUT2D eigenvalue weighted by Gasteiger charge is 2.09.